The number of hydrogen-bond donors (Lipinski definition) is 0. The van der Waals surface area contributed by atoms with Crippen LogP contribution in [0.4, 0.5) is 0 Å². The van der Waals surface area contributed by atoms with Crippen LogP contribution in [0.25, 0.3) is 0 Å². The Morgan fingerprint density at radius 2 is 2.57 bits per heavy atom. The van der Waals surface area contributed by atoms with E-state index in [4.69, 9.17) is 0 Å². The number of allylic oxidation sites excluding steroid dienone is 1. The van der Waals surface area contributed by atoms with E-state index in [2.05, 4.69) is 13.9 Å². The fourth-order valence-corrected chi connectivity index (χ4v) is 1.66. The minimum atomic E-state index is 1.24. The van der Waals surface area contributed by atoms with Gasteiger partial charge >= 0.3 is 0 Å². The Bertz CT molecular complexity index is 88.1. The van der Waals surface area contributed by atoms with Gasteiger partial charge in [-0.15, -0.1) is 5.47 Å². The molecule has 1 aliphatic rings. The van der Waals surface area contributed by atoms with Gasteiger partial charge < -0.3 is 0 Å². The quantitative estimate of drug-likeness (QED) is 0.414. The van der Waals surface area contributed by atoms with Crippen LogP contribution < -0.4 is 0 Å². The summed E-state index contributed by atoms with van der Waals surface area (Å²) in [6, 6.07) is 0. The van der Waals surface area contributed by atoms with E-state index in [1.807, 2.05) is 11.8 Å². The summed E-state index contributed by atoms with van der Waals surface area (Å²) < 4.78 is 0. The summed E-state index contributed by atoms with van der Waals surface area (Å²) in [5, 5.41) is 0. The standard InChI is InChI=1S/C5H9BS/c6-5-1-3-7-4-2-5/h1H,2-4,6H2. The monoisotopic (exact) mass is 112 g/mol. The Morgan fingerprint density at radius 1 is 1.71 bits per heavy atom. The second-order valence-electron chi connectivity index (χ2n) is 1.88. The van der Waals surface area contributed by atoms with Crippen molar-refractivity contribution >= 4 is 19.6 Å². The molecule has 1 rings (SSSR count). The maximum atomic E-state index is 2.31. The van der Waals surface area contributed by atoms with Gasteiger partial charge in [0.25, 0.3) is 0 Å². The van der Waals surface area contributed by atoms with E-state index in [0.717, 1.165) is 0 Å². The molecule has 0 amide bonds. The second kappa shape index (κ2) is 2.46. The molecule has 0 fully saturated rings. The fourth-order valence-electron chi connectivity index (χ4n) is 0.620. The summed E-state index contributed by atoms with van der Waals surface area (Å²) in [6.07, 6.45) is 3.62. The highest BCUT2D eigenvalue weighted by molar-refractivity contribution is 7.99. The van der Waals surface area contributed by atoms with Crippen LogP contribution >= 0.6 is 11.8 Å². The highest BCUT2D eigenvalue weighted by atomic mass is 32.2. The van der Waals surface area contributed by atoms with Gasteiger partial charge in [0.05, 0.1) is 0 Å². The zero-order valence-corrected chi connectivity index (χ0v) is 5.42. The van der Waals surface area contributed by atoms with E-state index in [0.29, 0.717) is 0 Å². The van der Waals surface area contributed by atoms with Gasteiger partial charge in [0, 0.05) is 5.75 Å². The van der Waals surface area contributed by atoms with Gasteiger partial charge in [-0.25, -0.2) is 0 Å². The van der Waals surface area contributed by atoms with E-state index < -0.39 is 0 Å². The minimum absolute atomic E-state index is 1.24. The molecule has 0 N–H and O–H groups in total. The van der Waals surface area contributed by atoms with Gasteiger partial charge in [-0.05, 0) is 12.2 Å². The van der Waals surface area contributed by atoms with Crippen molar-refractivity contribution in [3.8, 4) is 0 Å². The molecule has 0 aliphatic carbocycles. The van der Waals surface area contributed by atoms with Crippen molar-refractivity contribution in [2.75, 3.05) is 11.5 Å². The smallest absolute Gasteiger partial charge is 0.133 e. The van der Waals surface area contributed by atoms with Gasteiger partial charge in [-0.3, -0.25) is 0 Å². The van der Waals surface area contributed by atoms with E-state index in [-0.39, 0.29) is 0 Å². The van der Waals surface area contributed by atoms with E-state index in [1.54, 1.807) is 5.47 Å². The molecule has 0 atom stereocenters. The van der Waals surface area contributed by atoms with E-state index in [9.17, 15) is 0 Å². The van der Waals surface area contributed by atoms with Gasteiger partial charge in [0.15, 0.2) is 0 Å². The average molecular weight is 112 g/mol. The third kappa shape index (κ3) is 1.60. The summed E-state index contributed by atoms with van der Waals surface area (Å²) >= 11 is 2.02. The molecule has 2 heteroatoms. The third-order valence-corrected chi connectivity index (χ3v) is 2.09. The average Bonchev–Trinajstić information content (AvgIpc) is 1.69. The summed E-state index contributed by atoms with van der Waals surface area (Å²) in [4.78, 5) is 0. The fraction of sp³-hybridized carbons (Fsp3) is 0.600. The minimum Gasteiger partial charge on any atom is -0.158 e. The van der Waals surface area contributed by atoms with Crippen LogP contribution in [0.2, 0.25) is 0 Å². The van der Waals surface area contributed by atoms with Crippen LogP contribution in [0, 0.1) is 0 Å². The Kier molecular flexibility index (Phi) is 1.86. The first-order valence-corrected chi connectivity index (χ1v) is 3.78. The molecule has 0 unspecified atom stereocenters. The second-order valence-corrected chi connectivity index (χ2v) is 3.03. The number of hydrogen-bond acceptors (Lipinski definition) is 1. The maximum Gasteiger partial charge on any atom is 0.133 e. The molecule has 0 aromatic rings. The van der Waals surface area contributed by atoms with Crippen molar-refractivity contribution < 1.29 is 0 Å². The van der Waals surface area contributed by atoms with Gasteiger partial charge in [0.2, 0.25) is 0 Å². The lowest BCUT2D eigenvalue weighted by molar-refractivity contribution is 1.19. The highest BCUT2D eigenvalue weighted by Crippen LogP contribution is 2.13. The van der Waals surface area contributed by atoms with E-state index >= 15 is 0 Å². The lowest BCUT2D eigenvalue weighted by atomic mass is 9.93. The lowest BCUT2D eigenvalue weighted by Gasteiger charge is -2.05. The Balaban J connectivity index is 2.40. The molecule has 7 heavy (non-hydrogen) atoms. The normalized spacial score (nSPS) is 21.4. The predicted octanol–water partition coefficient (Wildman–Crippen LogP) is 0.640. The van der Waals surface area contributed by atoms with Crippen molar-refractivity contribution in [3.63, 3.8) is 0 Å². The Labute approximate surface area is 49.8 Å². The van der Waals surface area contributed by atoms with Crippen LogP contribution in [0.1, 0.15) is 6.42 Å². The van der Waals surface area contributed by atoms with Crippen LogP contribution in [-0.4, -0.2) is 19.4 Å². The SMILES string of the molecule is BC1=CCSCC1. The molecular weight excluding hydrogens is 103 g/mol. The first-order valence-electron chi connectivity index (χ1n) is 2.63. The Hall–Kier alpha value is 0.155. The van der Waals surface area contributed by atoms with Crippen LogP contribution in [0.3, 0.4) is 0 Å². The highest BCUT2D eigenvalue weighted by Gasteiger charge is 1.95. The first kappa shape index (κ1) is 5.29. The summed E-state index contributed by atoms with van der Waals surface area (Å²) in [7, 11) is 2.21. The van der Waals surface area contributed by atoms with Crippen molar-refractivity contribution in [2.24, 2.45) is 0 Å². The molecule has 0 spiro atoms. The van der Waals surface area contributed by atoms with Crippen LogP contribution in [0.15, 0.2) is 11.5 Å². The third-order valence-electron chi connectivity index (χ3n) is 1.19. The molecule has 1 aliphatic heterocycles. The molecule has 0 saturated carbocycles. The molecule has 0 aromatic carbocycles. The summed E-state index contributed by atoms with van der Waals surface area (Å²) in [5.41, 5.74) is 1.57. The zero-order valence-electron chi connectivity index (χ0n) is 4.61. The first-order chi connectivity index (χ1) is 3.39. The molecule has 0 bridgehead atoms. The van der Waals surface area contributed by atoms with Crippen molar-refractivity contribution in [3.05, 3.63) is 11.5 Å². The molecule has 38 valence electrons. The van der Waals surface area contributed by atoms with Gasteiger partial charge in [-0.2, -0.15) is 11.8 Å². The Morgan fingerprint density at radius 3 is 2.86 bits per heavy atom. The van der Waals surface area contributed by atoms with Crippen molar-refractivity contribution in [2.45, 2.75) is 6.42 Å². The topological polar surface area (TPSA) is 0 Å². The molecular formula is C5H9BS. The molecule has 0 aromatic heterocycles. The van der Waals surface area contributed by atoms with E-state index in [1.165, 1.54) is 17.9 Å². The molecule has 0 saturated heterocycles. The van der Waals surface area contributed by atoms with Gasteiger partial charge in [0.1, 0.15) is 7.85 Å². The van der Waals surface area contributed by atoms with Crippen LogP contribution in [-0.2, 0) is 0 Å². The predicted molar refractivity (Wildman–Crippen MR) is 38.6 cm³/mol. The zero-order chi connectivity index (χ0) is 5.11. The maximum absolute atomic E-state index is 2.31. The summed E-state index contributed by atoms with van der Waals surface area (Å²) in [6.45, 7) is 0. The molecule has 0 nitrogen and oxygen atoms in total. The van der Waals surface area contributed by atoms with Crippen molar-refractivity contribution in [1.82, 2.24) is 0 Å². The van der Waals surface area contributed by atoms with Crippen molar-refractivity contribution in [1.29, 1.82) is 0 Å². The largest absolute Gasteiger partial charge is 0.158 e. The summed E-state index contributed by atoms with van der Waals surface area (Å²) in [5.74, 6) is 2.58. The molecule has 1 heterocycles. The van der Waals surface area contributed by atoms with Crippen LogP contribution in [0.5, 0.6) is 0 Å². The lowest BCUT2D eigenvalue weighted by Crippen LogP contribution is -1.93. The molecule has 0 radical (unpaired) electrons. The van der Waals surface area contributed by atoms with Gasteiger partial charge in [-0.1, -0.05) is 6.08 Å². The number of thioether (sulfide) groups is 1. The number of rotatable bonds is 0.